The quantitative estimate of drug-likeness (QED) is 0.325. The third-order valence-corrected chi connectivity index (χ3v) is 4.56. The van der Waals surface area contributed by atoms with E-state index in [0.717, 1.165) is 15.6 Å². The van der Waals surface area contributed by atoms with E-state index in [1.165, 1.54) is 6.33 Å². The first-order valence-electron chi connectivity index (χ1n) is 8.52. The van der Waals surface area contributed by atoms with Crippen molar-refractivity contribution in [1.29, 1.82) is 0 Å². The monoisotopic (exact) mass is 451 g/mol. The van der Waals surface area contributed by atoms with Crippen molar-refractivity contribution < 1.29 is 4.92 Å². The smallest absolute Gasteiger partial charge is 0.332 e. The van der Waals surface area contributed by atoms with E-state index in [4.69, 9.17) is 0 Å². The number of aryl methyl sites for hydroxylation is 1. The Morgan fingerprint density at radius 2 is 1.79 bits per heavy atom. The van der Waals surface area contributed by atoms with E-state index in [1.54, 1.807) is 24.4 Å². The number of benzene rings is 1. The van der Waals surface area contributed by atoms with Gasteiger partial charge in [0, 0.05) is 21.7 Å². The molecule has 2 N–H and O–H groups in total. The van der Waals surface area contributed by atoms with Crippen LogP contribution in [-0.4, -0.2) is 24.9 Å². The molecule has 4 rings (SSSR count). The lowest BCUT2D eigenvalue weighted by Gasteiger charge is -2.11. The number of nitro groups is 1. The van der Waals surface area contributed by atoms with Crippen LogP contribution in [0.2, 0.25) is 0 Å². The lowest BCUT2D eigenvalue weighted by Crippen LogP contribution is -2.06. The van der Waals surface area contributed by atoms with Crippen LogP contribution in [-0.2, 0) is 0 Å². The second-order valence-electron chi connectivity index (χ2n) is 6.12. The molecule has 29 heavy (non-hydrogen) atoms. The van der Waals surface area contributed by atoms with Crippen LogP contribution in [0.5, 0.6) is 0 Å². The number of rotatable bonds is 5. The maximum atomic E-state index is 11.8. The number of anilines is 4. The fraction of sp³-hybridized carbons (Fsp3) is 0.0526. The highest BCUT2D eigenvalue weighted by atomic mass is 79.9. The van der Waals surface area contributed by atoms with Gasteiger partial charge in [-0.2, -0.15) is 0 Å². The molecule has 0 fully saturated rings. The van der Waals surface area contributed by atoms with Gasteiger partial charge in [-0.15, -0.1) is 0 Å². The van der Waals surface area contributed by atoms with Gasteiger partial charge in [-0.25, -0.2) is 15.0 Å². The SMILES string of the molecule is Cc1ccc2cccc(Nc3ncnc(Nc4ccc(Br)cn4)c3[N+](=O)[O-])c2n1. The Labute approximate surface area is 173 Å². The molecule has 0 bridgehead atoms. The molecule has 0 aliphatic rings. The summed E-state index contributed by atoms with van der Waals surface area (Å²) in [5.74, 6) is 0.510. The largest absolute Gasteiger partial charge is 0.353 e. The van der Waals surface area contributed by atoms with E-state index in [9.17, 15) is 10.1 Å². The van der Waals surface area contributed by atoms with Crippen molar-refractivity contribution in [3.8, 4) is 0 Å². The van der Waals surface area contributed by atoms with Gasteiger partial charge in [0.05, 0.1) is 16.1 Å². The molecular weight excluding hydrogens is 438 g/mol. The van der Waals surface area contributed by atoms with Crippen LogP contribution in [0.4, 0.5) is 28.8 Å². The first-order valence-corrected chi connectivity index (χ1v) is 9.32. The zero-order valence-corrected chi connectivity index (χ0v) is 16.7. The summed E-state index contributed by atoms with van der Waals surface area (Å²) in [6.45, 7) is 1.89. The molecule has 0 saturated carbocycles. The van der Waals surface area contributed by atoms with Crippen LogP contribution in [0.15, 0.2) is 59.5 Å². The third-order valence-electron chi connectivity index (χ3n) is 4.09. The summed E-state index contributed by atoms with van der Waals surface area (Å²) >= 11 is 3.30. The molecule has 1 aromatic carbocycles. The molecule has 0 unspecified atom stereocenters. The molecule has 0 saturated heterocycles. The second kappa shape index (κ2) is 7.76. The molecule has 9 nitrogen and oxygen atoms in total. The Bertz CT molecular complexity index is 1220. The second-order valence-corrected chi connectivity index (χ2v) is 7.03. The summed E-state index contributed by atoms with van der Waals surface area (Å²) in [5.41, 5.74) is 1.86. The number of hydrogen-bond acceptors (Lipinski definition) is 8. The van der Waals surface area contributed by atoms with E-state index in [0.29, 0.717) is 17.0 Å². The van der Waals surface area contributed by atoms with Crippen LogP contribution in [0.25, 0.3) is 10.9 Å². The molecule has 4 aromatic rings. The molecular formula is C19H14BrN7O2. The average Bonchev–Trinajstić information content (AvgIpc) is 2.70. The molecule has 0 atom stereocenters. The number of fused-ring (bicyclic) bond motifs is 1. The van der Waals surface area contributed by atoms with E-state index in [1.807, 2.05) is 31.2 Å². The van der Waals surface area contributed by atoms with E-state index in [-0.39, 0.29) is 17.3 Å². The molecule has 0 aliphatic carbocycles. The van der Waals surface area contributed by atoms with Gasteiger partial charge < -0.3 is 10.6 Å². The summed E-state index contributed by atoms with van der Waals surface area (Å²) in [6, 6.07) is 12.9. The number of para-hydroxylation sites is 1. The van der Waals surface area contributed by atoms with Gasteiger partial charge in [0.25, 0.3) is 0 Å². The number of pyridine rings is 2. The van der Waals surface area contributed by atoms with Gasteiger partial charge in [0.1, 0.15) is 12.1 Å². The predicted molar refractivity (Wildman–Crippen MR) is 114 cm³/mol. The van der Waals surface area contributed by atoms with E-state index in [2.05, 4.69) is 46.5 Å². The normalized spacial score (nSPS) is 10.7. The Balaban J connectivity index is 1.76. The number of nitrogens with zero attached hydrogens (tertiary/aromatic N) is 5. The maximum absolute atomic E-state index is 11.8. The van der Waals surface area contributed by atoms with Gasteiger partial charge in [0.2, 0.25) is 11.6 Å². The van der Waals surface area contributed by atoms with Crippen molar-refractivity contribution in [2.24, 2.45) is 0 Å². The minimum atomic E-state index is -0.534. The topological polar surface area (TPSA) is 119 Å². The summed E-state index contributed by atoms with van der Waals surface area (Å²) in [4.78, 5) is 28.1. The first kappa shape index (κ1) is 18.7. The minimum absolute atomic E-state index is 0.0340. The van der Waals surface area contributed by atoms with Gasteiger partial charge in [-0.05, 0) is 47.1 Å². The summed E-state index contributed by atoms with van der Waals surface area (Å²) < 4.78 is 0.793. The van der Waals surface area contributed by atoms with Crippen molar-refractivity contribution in [3.63, 3.8) is 0 Å². The van der Waals surface area contributed by atoms with Crippen molar-refractivity contribution in [2.75, 3.05) is 10.6 Å². The Hall–Kier alpha value is -3.66. The number of nitrogens with one attached hydrogen (secondary N) is 2. The van der Waals surface area contributed by atoms with Crippen LogP contribution in [0.1, 0.15) is 5.69 Å². The van der Waals surface area contributed by atoms with E-state index >= 15 is 0 Å². The van der Waals surface area contributed by atoms with Crippen LogP contribution < -0.4 is 10.6 Å². The number of hydrogen-bond donors (Lipinski definition) is 2. The zero-order valence-electron chi connectivity index (χ0n) is 15.1. The van der Waals surface area contributed by atoms with Crippen molar-refractivity contribution in [2.45, 2.75) is 6.92 Å². The highest BCUT2D eigenvalue weighted by Crippen LogP contribution is 2.34. The molecule has 3 aromatic heterocycles. The van der Waals surface area contributed by atoms with E-state index < -0.39 is 4.92 Å². The average molecular weight is 452 g/mol. The third kappa shape index (κ3) is 3.97. The van der Waals surface area contributed by atoms with Gasteiger partial charge in [0.15, 0.2) is 0 Å². The standard InChI is InChI=1S/C19H14BrN7O2/c1-11-5-6-12-3-2-4-14(16(12)24-11)25-18-17(27(28)29)19(23-10-22-18)26-15-8-7-13(20)9-21-15/h2-10H,1H3,(H2,21,22,23,25,26). The summed E-state index contributed by atoms with van der Waals surface area (Å²) in [6.07, 6.45) is 2.83. The lowest BCUT2D eigenvalue weighted by molar-refractivity contribution is -0.383. The molecule has 144 valence electrons. The lowest BCUT2D eigenvalue weighted by atomic mass is 10.1. The summed E-state index contributed by atoms with van der Waals surface area (Å²) in [5, 5.41) is 18.6. The Kier molecular flexibility index (Phi) is 5.00. The number of halogens is 1. The fourth-order valence-electron chi connectivity index (χ4n) is 2.78. The minimum Gasteiger partial charge on any atom is -0.332 e. The van der Waals surface area contributed by atoms with Gasteiger partial charge in [-0.3, -0.25) is 15.1 Å². The highest BCUT2D eigenvalue weighted by Gasteiger charge is 2.24. The molecule has 3 heterocycles. The van der Waals surface area contributed by atoms with Crippen LogP contribution >= 0.6 is 15.9 Å². The zero-order chi connectivity index (χ0) is 20.4. The van der Waals surface area contributed by atoms with Gasteiger partial charge >= 0.3 is 5.69 Å². The van der Waals surface area contributed by atoms with Crippen LogP contribution in [0, 0.1) is 17.0 Å². The van der Waals surface area contributed by atoms with Crippen molar-refractivity contribution in [1.82, 2.24) is 19.9 Å². The molecule has 0 radical (unpaired) electrons. The molecule has 0 aliphatic heterocycles. The van der Waals surface area contributed by atoms with Crippen molar-refractivity contribution in [3.05, 3.63) is 75.3 Å². The Morgan fingerprint density at radius 1 is 1.00 bits per heavy atom. The van der Waals surface area contributed by atoms with Crippen molar-refractivity contribution >= 4 is 55.7 Å². The predicted octanol–water partition coefficient (Wildman–Crippen LogP) is 4.89. The Morgan fingerprint density at radius 3 is 2.52 bits per heavy atom. The molecule has 10 heteroatoms. The molecule has 0 amide bonds. The summed E-state index contributed by atoms with van der Waals surface area (Å²) in [7, 11) is 0. The highest BCUT2D eigenvalue weighted by molar-refractivity contribution is 9.10. The maximum Gasteiger partial charge on any atom is 0.353 e. The molecule has 0 spiro atoms. The first-order chi connectivity index (χ1) is 14.0. The fourth-order valence-corrected chi connectivity index (χ4v) is 3.01. The van der Waals surface area contributed by atoms with Crippen LogP contribution in [0.3, 0.4) is 0 Å². The van der Waals surface area contributed by atoms with Gasteiger partial charge in [-0.1, -0.05) is 18.2 Å². The number of aromatic nitrogens is 4.